The highest BCUT2D eigenvalue weighted by Gasteiger charge is 2.23. The van der Waals surface area contributed by atoms with Gasteiger partial charge in [0.1, 0.15) is 0 Å². The normalized spacial score (nSPS) is 15.6. The zero-order valence-corrected chi connectivity index (χ0v) is 10.3. The van der Waals surface area contributed by atoms with Crippen molar-refractivity contribution in [1.29, 1.82) is 0 Å². The summed E-state index contributed by atoms with van der Waals surface area (Å²) in [5.74, 6) is -0.893. The van der Waals surface area contributed by atoms with E-state index in [1.807, 2.05) is 0 Å². The van der Waals surface area contributed by atoms with Crippen molar-refractivity contribution in [3.8, 4) is 0 Å². The van der Waals surface area contributed by atoms with Crippen LogP contribution >= 0.6 is 0 Å². The maximum Gasteiger partial charge on any atom is 0.341 e. The van der Waals surface area contributed by atoms with Gasteiger partial charge in [0.05, 0.1) is 11.1 Å². The number of hydrogen-bond donors (Lipinski definition) is 0. The van der Waals surface area contributed by atoms with Crippen LogP contribution in [0.4, 0.5) is 0 Å². The molecule has 0 atom stereocenters. The fourth-order valence-electron chi connectivity index (χ4n) is 1.82. The highest BCUT2D eigenvalue weighted by molar-refractivity contribution is 5.94. The van der Waals surface area contributed by atoms with Gasteiger partial charge in [0.25, 0.3) is 0 Å². The maximum atomic E-state index is 11.8. The molecule has 0 saturated carbocycles. The van der Waals surface area contributed by atoms with Crippen molar-refractivity contribution in [1.82, 2.24) is 0 Å². The van der Waals surface area contributed by atoms with Crippen molar-refractivity contribution < 1.29 is 19.1 Å². The van der Waals surface area contributed by atoms with Crippen molar-refractivity contribution in [2.24, 2.45) is 0 Å². The van der Waals surface area contributed by atoms with E-state index in [-0.39, 0.29) is 0 Å². The Labute approximate surface area is 106 Å². The SMILES string of the molecule is CCCCCC1OC(=O)c2ccc(cc2)C(=O)O1. The highest BCUT2D eigenvalue weighted by Crippen LogP contribution is 2.17. The molecule has 4 heteroatoms. The molecule has 18 heavy (non-hydrogen) atoms. The smallest absolute Gasteiger partial charge is 0.341 e. The molecule has 1 aromatic carbocycles. The van der Waals surface area contributed by atoms with Crippen LogP contribution in [-0.4, -0.2) is 18.2 Å². The lowest BCUT2D eigenvalue weighted by atomic mass is 10.1. The maximum absolute atomic E-state index is 11.8. The third-order valence-electron chi connectivity index (χ3n) is 2.88. The number of esters is 2. The fraction of sp³-hybridized carbons (Fsp3) is 0.429. The Bertz CT molecular complexity index is 399. The minimum atomic E-state index is -0.777. The van der Waals surface area contributed by atoms with Crippen LogP contribution in [0.5, 0.6) is 0 Å². The molecule has 0 amide bonds. The Kier molecular flexibility index (Phi) is 3.97. The molecule has 2 aliphatic heterocycles. The first kappa shape index (κ1) is 12.6. The minimum Gasteiger partial charge on any atom is -0.422 e. The van der Waals surface area contributed by atoms with Gasteiger partial charge >= 0.3 is 11.9 Å². The summed E-state index contributed by atoms with van der Waals surface area (Å²) < 4.78 is 10.4. The number of unbranched alkanes of at least 4 members (excludes halogenated alkanes) is 2. The molecule has 0 spiro atoms. The molecule has 0 unspecified atom stereocenters. The van der Waals surface area contributed by atoms with E-state index >= 15 is 0 Å². The highest BCUT2D eigenvalue weighted by atomic mass is 16.7. The van der Waals surface area contributed by atoms with Crippen LogP contribution < -0.4 is 0 Å². The monoisotopic (exact) mass is 248 g/mol. The van der Waals surface area contributed by atoms with Crippen molar-refractivity contribution in [2.45, 2.75) is 38.9 Å². The van der Waals surface area contributed by atoms with Gasteiger partial charge in [0.2, 0.25) is 6.29 Å². The Morgan fingerprint density at radius 3 is 1.89 bits per heavy atom. The van der Waals surface area contributed by atoms with Crippen LogP contribution in [0.3, 0.4) is 0 Å². The van der Waals surface area contributed by atoms with E-state index in [4.69, 9.17) is 9.47 Å². The number of ether oxygens (including phenoxy) is 2. The summed E-state index contributed by atoms with van der Waals surface area (Å²) in [6, 6.07) is 6.31. The Hall–Kier alpha value is -1.84. The van der Waals surface area contributed by atoms with Crippen molar-refractivity contribution in [3.05, 3.63) is 35.4 Å². The number of fused-ring (bicyclic) bond motifs is 6. The predicted molar refractivity (Wildman–Crippen MR) is 65.2 cm³/mol. The zero-order valence-electron chi connectivity index (χ0n) is 10.3. The molecule has 1 aromatic rings. The average Bonchev–Trinajstić information content (AvgIpc) is 2.46. The molecular weight excluding hydrogens is 232 g/mol. The third kappa shape index (κ3) is 2.88. The minimum absolute atomic E-state index is 0.442. The third-order valence-corrected chi connectivity index (χ3v) is 2.88. The number of carbonyl (C=O) groups excluding carboxylic acids is 2. The standard InChI is InChI=1S/C14H16O4/c1-2-3-4-5-12-17-13(15)10-6-7-11(9-8-10)14(16)18-12/h6-9,12H,2-5H2,1H3. The summed E-state index contributed by atoms with van der Waals surface area (Å²) in [5, 5.41) is 0. The Balaban J connectivity index is 2.11. The second-order valence-corrected chi connectivity index (χ2v) is 4.31. The second-order valence-electron chi connectivity index (χ2n) is 4.31. The van der Waals surface area contributed by atoms with Crippen LogP contribution in [0.1, 0.15) is 53.3 Å². The van der Waals surface area contributed by atoms with Crippen LogP contribution in [-0.2, 0) is 9.47 Å². The van der Waals surface area contributed by atoms with Crippen molar-refractivity contribution in [3.63, 3.8) is 0 Å². The molecule has 2 heterocycles. The molecule has 2 aliphatic rings. The molecule has 4 nitrogen and oxygen atoms in total. The Morgan fingerprint density at radius 1 is 0.944 bits per heavy atom. The summed E-state index contributed by atoms with van der Waals surface area (Å²) in [6.07, 6.45) is 2.72. The van der Waals surface area contributed by atoms with Crippen LogP contribution in [0.2, 0.25) is 0 Å². The van der Waals surface area contributed by atoms with Gasteiger partial charge in [-0.05, 0) is 30.7 Å². The molecule has 0 radical (unpaired) electrons. The van der Waals surface area contributed by atoms with E-state index in [0.29, 0.717) is 17.5 Å². The second kappa shape index (κ2) is 5.67. The van der Waals surface area contributed by atoms with E-state index in [1.165, 1.54) is 0 Å². The lowest BCUT2D eigenvalue weighted by Gasteiger charge is -2.16. The van der Waals surface area contributed by atoms with Gasteiger partial charge in [-0.25, -0.2) is 9.59 Å². The number of rotatable bonds is 4. The molecular formula is C14H16O4. The van der Waals surface area contributed by atoms with Gasteiger partial charge in [0, 0.05) is 6.42 Å². The summed E-state index contributed by atoms with van der Waals surface area (Å²) in [4.78, 5) is 23.5. The topological polar surface area (TPSA) is 52.6 Å². The zero-order chi connectivity index (χ0) is 13.0. The lowest BCUT2D eigenvalue weighted by molar-refractivity contribution is -0.0833. The molecule has 3 rings (SSSR count). The van der Waals surface area contributed by atoms with Gasteiger partial charge in [-0.15, -0.1) is 0 Å². The van der Waals surface area contributed by atoms with Crippen LogP contribution in [0.25, 0.3) is 0 Å². The summed E-state index contributed by atoms with van der Waals surface area (Å²) in [7, 11) is 0. The first-order valence-electron chi connectivity index (χ1n) is 6.22. The van der Waals surface area contributed by atoms with E-state index < -0.39 is 18.2 Å². The quantitative estimate of drug-likeness (QED) is 0.607. The van der Waals surface area contributed by atoms with Gasteiger partial charge in [-0.3, -0.25) is 0 Å². The lowest BCUT2D eigenvalue weighted by Crippen LogP contribution is -2.23. The van der Waals surface area contributed by atoms with Crippen molar-refractivity contribution >= 4 is 11.9 Å². The van der Waals surface area contributed by atoms with E-state index in [2.05, 4.69) is 6.92 Å². The Morgan fingerprint density at radius 2 is 1.44 bits per heavy atom. The molecule has 0 aromatic heterocycles. The average molecular weight is 248 g/mol. The van der Waals surface area contributed by atoms with E-state index in [1.54, 1.807) is 24.3 Å². The molecule has 0 fully saturated rings. The molecule has 2 bridgehead atoms. The van der Waals surface area contributed by atoms with Crippen molar-refractivity contribution in [2.75, 3.05) is 0 Å². The van der Waals surface area contributed by atoms with Gasteiger partial charge in [-0.1, -0.05) is 19.8 Å². The first-order chi connectivity index (χ1) is 8.70. The molecule has 96 valence electrons. The summed E-state index contributed by atoms with van der Waals surface area (Å²) in [6.45, 7) is 2.08. The first-order valence-corrected chi connectivity index (χ1v) is 6.22. The predicted octanol–water partition coefficient (Wildman–Crippen LogP) is 2.92. The summed E-state index contributed by atoms with van der Waals surface area (Å²) >= 11 is 0. The van der Waals surface area contributed by atoms with Crippen LogP contribution in [0, 0.1) is 0 Å². The van der Waals surface area contributed by atoms with Gasteiger partial charge in [-0.2, -0.15) is 0 Å². The number of carbonyl (C=O) groups is 2. The summed E-state index contributed by atoms with van der Waals surface area (Å²) in [5.41, 5.74) is 0.884. The van der Waals surface area contributed by atoms with Gasteiger partial charge < -0.3 is 9.47 Å². The number of benzene rings is 1. The molecule has 0 N–H and O–H groups in total. The van der Waals surface area contributed by atoms with Crippen LogP contribution in [0.15, 0.2) is 24.3 Å². The van der Waals surface area contributed by atoms with E-state index in [9.17, 15) is 9.59 Å². The largest absolute Gasteiger partial charge is 0.422 e. The number of hydrogen-bond acceptors (Lipinski definition) is 4. The fourth-order valence-corrected chi connectivity index (χ4v) is 1.82. The van der Waals surface area contributed by atoms with E-state index in [0.717, 1.165) is 19.3 Å². The molecule has 0 saturated heterocycles. The molecule has 0 aliphatic carbocycles. The van der Waals surface area contributed by atoms with Gasteiger partial charge in [0.15, 0.2) is 0 Å².